The molecule has 3 heteroatoms. The van der Waals surface area contributed by atoms with Gasteiger partial charge in [-0.2, -0.15) is 0 Å². The smallest absolute Gasteiger partial charge is 0.133 e. The van der Waals surface area contributed by atoms with Gasteiger partial charge in [0.05, 0.1) is 17.9 Å². The van der Waals surface area contributed by atoms with Crippen molar-refractivity contribution < 1.29 is 5.11 Å². The zero-order chi connectivity index (χ0) is 18.2. The first-order chi connectivity index (χ1) is 12.0. The molecule has 1 aromatic carbocycles. The van der Waals surface area contributed by atoms with E-state index >= 15 is 0 Å². The molecule has 0 radical (unpaired) electrons. The zero-order valence-electron chi connectivity index (χ0n) is 15.4. The number of pyridine rings is 1. The van der Waals surface area contributed by atoms with Gasteiger partial charge in [0.2, 0.25) is 0 Å². The van der Waals surface area contributed by atoms with Gasteiger partial charge in [0.15, 0.2) is 0 Å². The van der Waals surface area contributed by atoms with Crippen molar-refractivity contribution >= 4 is 5.57 Å². The van der Waals surface area contributed by atoms with Crippen LogP contribution in [0.2, 0.25) is 0 Å². The van der Waals surface area contributed by atoms with E-state index in [1.165, 1.54) is 22.9 Å². The van der Waals surface area contributed by atoms with Crippen molar-refractivity contribution in [2.24, 2.45) is 0 Å². The molecule has 0 saturated carbocycles. The number of aryl methyl sites for hydroxylation is 1. The summed E-state index contributed by atoms with van der Waals surface area (Å²) in [5, 5.41) is 12.8. The molecule has 0 spiro atoms. The Kier molecular flexibility index (Phi) is 6.81. The van der Waals surface area contributed by atoms with Crippen LogP contribution < -0.4 is 5.32 Å². The van der Waals surface area contributed by atoms with E-state index in [0.717, 1.165) is 30.7 Å². The standard InChI is InChI=1S/C22H28N2O/c1-5-8-19(21-10-7-6-9-16(21)2)12-11-17(3)24-18(4)22-14-13-20(25)15-23-22/h6-10,13-15,18,24-25H,3,5,11-12H2,1-2,4H3/b19-8-/t18-/m1/s1. The second kappa shape index (κ2) is 9.07. The summed E-state index contributed by atoms with van der Waals surface area (Å²) in [6.45, 7) is 10.5. The van der Waals surface area contributed by atoms with Gasteiger partial charge in [-0.25, -0.2) is 0 Å². The van der Waals surface area contributed by atoms with Crippen LogP contribution in [0.15, 0.2) is 60.9 Å². The number of benzene rings is 1. The number of nitrogens with one attached hydrogen (secondary N) is 1. The number of aromatic nitrogens is 1. The van der Waals surface area contributed by atoms with Crippen molar-refractivity contribution in [1.82, 2.24) is 10.3 Å². The van der Waals surface area contributed by atoms with Gasteiger partial charge in [0, 0.05) is 5.70 Å². The van der Waals surface area contributed by atoms with Crippen LogP contribution >= 0.6 is 0 Å². The first-order valence-electron chi connectivity index (χ1n) is 8.85. The molecule has 3 nitrogen and oxygen atoms in total. The average Bonchev–Trinajstić information content (AvgIpc) is 2.60. The zero-order valence-corrected chi connectivity index (χ0v) is 15.4. The van der Waals surface area contributed by atoms with Crippen LogP contribution in [0.5, 0.6) is 5.75 Å². The fourth-order valence-electron chi connectivity index (χ4n) is 2.92. The summed E-state index contributed by atoms with van der Waals surface area (Å²) < 4.78 is 0. The van der Waals surface area contributed by atoms with E-state index in [1.807, 2.05) is 6.07 Å². The summed E-state index contributed by atoms with van der Waals surface area (Å²) in [5.41, 5.74) is 5.90. The second-order valence-corrected chi connectivity index (χ2v) is 6.36. The van der Waals surface area contributed by atoms with Crippen molar-refractivity contribution in [3.05, 3.63) is 77.8 Å². The Labute approximate surface area is 151 Å². The van der Waals surface area contributed by atoms with Gasteiger partial charge in [-0.1, -0.05) is 43.8 Å². The number of rotatable bonds is 8. The monoisotopic (exact) mass is 336 g/mol. The van der Waals surface area contributed by atoms with Gasteiger partial charge in [-0.15, -0.1) is 0 Å². The van der Waals surface area contributed by atoms with Gasteiger partial charge in [-0.05, 0) is 61.9 Å². The van der Waals surface area contributed by atoms with Crippen LogP contribution in [-0.2, 0) is 0 Å². The fraction of sp³-hybridized carbons (Fsp3) is 0.318. The predicted molar refractivity (Wildman–Crippen MR) is 105 cm³/mol. The van der Waals surface area contributed by atoms with E-state index in [-0.39, 0.29) is 11.8 Å². The van der Waals surface area contributed by atoms with Crippen LogP contribution in [0.25, 0.3) is 5.57 Å². The molecule has 0 unspecified atom stereocenters. The molecule has 0 aliphatic carbocycles. The second-order valence-electron chi connectivity index (χ2n) is 6.36. The van der Waals surface area contributed by atoms with Gasteiger partial charge < -0.3 is 10.4 Å². The van der Waals surface area contributed by atoms with Crippen molar-refractivity contribution in [3.8, 4) is 5.75 Å². The maximum absolute atomic E-state index is 9.34. The fourth-order valence-corrected chi connectivity index (χ4v) is 2.92. The summed E-state index contributed by atoms with van der Waals surface area (Å²) >= 11 is 0. The van der Waals surface area contributed by atoms with Gasteiger partial charge >= 0.3 is 0 Å². The molecule has 25 heavy (non-hydrogen) atoms. The molecule has 1 aromatic heterocycles. The highest BCUT2D eigenvalue weighted by Gasteiger charge is 2.09. The summed E-state index contributed by atoms with van der Waals surface area (Å²) in [5.74, 6) is 0.183. The van der Waals surface area contributed by atoms with E-state index in [9.17, 15) is 5.11 Å². The number of allylic oxidation sites excluding steroid dienone is 3. The normalized spacial score (nSPS) is 12.7. The molecule has 0 aliphatic rings. The van der Waals surface area contributed by atoms with E-state index in [4.69, 9.17) is 0 Å². The van der Waals surface area contributed by atoms with E-state index < -0.39 is 0 Å². The van der Waals surface area contributed by atoms with Crippen LogP contribution in [0, 0.1) is 6.92 Å². The maximum atomic E-state index is 9.34. The lowest BCUT2D eigenvalue weighted by atomic mass is 9.95. The Morgan fingerprint density at radius 1 is 1.24 bits per heavy atom. The molecule has 0 fully saturated rings. The molecule has 132 valence electrons. The molecule has 2 rings (SSSR count). The van der Waals surface area contributed by atoms with Crippen LogP contribution in [0.3, 0.4) is 0 Å². The first-order valence-corrected chi connectivity index (χ1v) is 8.85. The van der Waals surface area contributed by atoms with Crippen molar-refractivity contribution in [3.63, 3.8) is 0 Å². The minimum atomic E-state index is 0.0603. The summed E-state index contributed by atoms with van der Waals surface area (Å²) in [6.07, 6.45) is 6.64. The van der Waals surface area contributed by atoms with Crippen molar-refractivity contribution in [2.75, 3.05) is 0 Å². The number of hydrogen-bond donors (Lipinski definition) is 2. The Balaban J connectivity index is 1.96. The molecular weight excluding hydrogens is 308 g/mol. The SMILES string of the molecule is C=C(CC/C(=C/CC)c1ccccc1C)N[C@H](C)c1ccc(O)cn1. The lowest BCUT2D eigenvalue weighted by molar-refractivity contribution is 0.471. The minimum absolute atomic E-state index is 0.0603. The summed E-state index contributed by atoms with van der Waals surface area (Å²) in [4.78, 5) is 4.25. The van der Waals surface area contributed by atoms with Gasteiger partial charge in [-0.3, -0.25) is 4.98 Å². The third-order valence-corrected chi connectivity index (χ3v) is 4.27. The molecule has 1 atom stereocenters. The highest BCUT2D eigenvalue weighted by Crippen LogP contribution is 2.25. The lowest BCUT2D eigenvalue weighted by Crippen LogP contribution is -2.18. The minimum Gasteiger partial charge on any atom is -0.506 e. The molecule has 0 amide bonds. The Morgan fingerprint density at radius 3 is 2.64 bits per heavy atom. The Hall–Kier alpha value is -2.55. The van der Waals surface area contributed by atoms with E-state index in [2.05, 4.69) is 68.0 Å². The lowest BCUT2D eigenvalue weighted by Gasteiger charge is -2.18. The molecule has 1 heterocycles. The highest BCUT2D eigenvalue weighted by molar-refractivity contribution is 5.68. The molecular formula is C22H28N2O. The molecule has 0 aliphatic heterocycles. The summed E-state index contributed by atoms with van der Waals surface area (Å²) in [7, 11) is 0. The average molecular weight is 336 g/mol. The largest absolute Gasteiger partial charge is 0.506 e. The number of aromatic hydroxyl groups is 1. The summed E-state index contributed by atoms with van der Waals surface area (Å²) in [6, 6.07) is 12.1. The van der Waals surface area contributed by atoms with Gasteiger partial charge in [0.1, 0.15) is 5.75 Å². The van der Waals surface area contributed by atoms with Crippen molar-refractivity contribution in [1.29, 1.82) is 0 Å². The highest BCUT2D eigenvalue weighted by atomic mass is 16.3. The van der Waals surface area contributed by atoms with Crippen LogP contribution in [0.4, 0.5) is 0 Å². The van der Waals surface area contributed by atoms with E-state index in [0.29, 0.717) is 0 Å². The van der Waals surface area contributed by atoms with Crippen LogP contribution in [0.1, 0.15) is 56.0 Å². The topological polar surface area (TPSA) is 45.1 Å². The molecule has 2 aromatic rings. The third kappa shape index (κ3) is 5.49. The first kappa shape index (κ1) is 18.8. The quantitative estimate of drug-likeness (QED) is 0.666. The van der Waals surface area contributed by atoms with Crippen LogP contribution in [-0.4, -0.2) is 10.1 Å². The van der Waals surface area contributed by atoms with E-state index in [1.54, 1.807) is 6.07 Å². The number of hydrogen-bond acceptors (Lipinski definition) is 3. The Morgan fingerprint density at radius 2 is 2.00 bits per heavy atom. The Bertz CT molecular complexity index is 732. The maximum Gasteiger partial charge on any atom is 0.133 e. The number of nitrogens with zero attached hydrogens (tertiary/aromatic N) is 1. The molecule has 2 N–H and O–H groups in total. The van der Waals surface area contributed by atoms with Crippen molar-refractivity contribution in [2.45, 2.75) is 46.1 Å². The molecule has 0 saturated heterocycles. The predicted octanol–water partition coefficient (Wildman–Crippen LogP) is 5.53. The molecule has 0 bridgehead atoms. The van der Waals surface area contributed by atoms with Gasteiger partial charge in [0.25, 0.3) is 0 Å². The third-order valence-electron chi connectivity index (χ3n) is 4.27.